The van der Waals surface area contributed by atoms with Gasteiger partial charge in [0, 0.05) is 17.3 Å². The first-order valence-corrected chi connectivity index (χ1v) is 6.66. The fraction of sp³-hybridized carbons (Fsp3) is 0.533. The van der Waals surface area contributed by atoms with Gasteiger partial charge >= 0.3 is 6.18 Å². The Balaban J connectivity index is 2.22. The number of carbonyl (C=O) groups excluding carboxylic acids is 1. The van der Waals surface area contributed by atoms with Crippen molar-refractivity contribution in [1.82, 2.24) is 5.32 Å². The van der Waals surface area contributed by atoms with E-state index in [2.05, 4.69) is 5.32 Å². The van der Waals surface area contributed by atoms with Crippen LogP contribution in [0.1, 0.15) is 43.6 Å². The topological polar surface area (TPSA) is 55.1 Å². The third kappa shape index (κ3) is 2.47. The lowest BCUT2D eigenvalue weighted by molar-refractivity contribution is -0.136. The molecule has 0 radical (unpaired) electrons. The summed E-state index contributed by atoms with van der Waals surface area (Å²) in [6, 6.07) is 3.15. The molecule has 0 aliphatic heterocycles. The first kappa shape index (κ1) is 15.7. The number of carbonyl (C=O) groups is 1. The van der Waals surface area contributed by atoms with Crippen LogP contribution in [0.15, 0.2) is 18.2 Å². The minimum absolute atomic E-state index is 0.0324. The van der Waals surface area contributed by atoms with Crippen molar-refractivity contribution in [2.75, 3.05) is 5.73 Å². The average molecular weight is 300 g/mol. The number of hydrogen-bond donors (Lipinski definition) is 2. The molecular weight excluding hydrogens is 281 g/mol. The first-order chi connectivity index (χ1) is 9.39. The minimum Gasteiger partial charge on any atom is -0.398 e. The smallest absolute Gasteiger partial charge is 0.398 e. The van der Waals surface area contributed by atoms with Crippen molar-refractivity contribution in [2.45, 2.75) is 39.9 Å². The quantitative estimate of drug-likeness (QED) is 0.822. The molecule has 0 saturated heterocycles. The highest BCUT2D eigenvalue weighted by Gasteiger charge is 2.65. The molecule has 1 aromatic carbocycles. The summed E-state index contributed by atoms with van der Waals surface area (Å²) in [4.78, 5) is 12.1. The van der Waals surface area contributed by atoms with Crippen molar-refractivity contribution >= 4 is 11.6 Å². The molecule has 0 bridgehead atoms. The molecule has 0 unspecified atom stereocenters. The highest BCUT2D eigenvalue weighted by atomic mass is 19.4. The van der Waals surface area contributed by atoms with E-state index in [0.29, 0.717) is 0 Å². The fourth-order valence-corrected chi connectivity index (χ4v) is 2.71. The summed E-state index contributed by atoms with van der Waals surface area (Å²) >= 11 is 0. The van der Waals surface area contributed by atoms with Crippen LogP contribution in [0.3, 0.4) is 0 Å². The second-order valence-electron chi connectivity index (χ2n) is 6.65. The van der Waals surface area contributed by atoms with Gasteiger partial charge in [0.2, 0.25) is 0 Å². The van der Waals surface area contributed by atoms with Crippen LogP contribution in [0, 0.1) is 10.8 Å². The van der Waals surface area contributed by atoms with Crippen molar-refractivity contribution in [3.63, 3.8) is 0 Å². The fourth-order valence-electron chi connectivity index (χ4n) is 2.71. The Labute approximate surface area is 121 Å². The molecule has 1 aliphatic carbocycles. The number of amides is 1. The van der Waals surface area contributed by atoms with Gasteiger partial charge in [-0.1, -0.05) is 27.7 Å². The van der Waals surface area contributed by atoms with Gasteiger partial charge in [-0.2, -0.15) is 13.2 Å². The lowest BCUT2D eigenvalue weighted by Crippen LogP contribution is -2.30. The number of hydrogen-bond acceptors (Lipinski definition) is 2. The summed E-state index contributed by atoms with van der Waals surface area (Å²) in [5.41, 5.74) is 3.77. The molecular formula is C15H19F3N2O. The Morgan fingerprint density at radius 2 is 1.71 bits per heavy atom. The maximum absolute atomic E-state index is 12.8. The number of nitrogen functional groups attached to an aromatic ring is 1. The van der Waals surface area contributed by atoms with Crippen molar-refractivity contribution in [1.29, 1.82) is 0 Å². The summed E-state index contributed by atoms with van der Waals surface area (Å²) in [7, 11) is 0. The summed E-state index contributed by atoms with van der Waals surface area (Å²) < 4.78 is 38.4. The predicted molar refractivity (Wildman–Crippen MR) is 74.7 cm³/mol. The molecule has 0 heterocycles. The molecule has 0 spiro atoms. The zero-order valence-electron chi connectivity index (χ0n) is 12.4. The van der Waals surface area contributed by atoms with Crippen LogP contribution in [0.2, 0.25) is 0 Å². The molecule has 116 valence electrons. The van der Waals surface area contributed by atoms with Crippen LogP contribution in [-0.2, 0) is 6.18 Å². The maximum Gasteiger partial charge on any atom is 0.418 e. The van der Waals surface area contributed by atoms with Crippen LogP contribution in [0.5, 0.6) is 0 Å². The Morgan fingerprint density at radius 3 is 2.14 bits per heavy atom. The average Bonchev–Trinajstić information content (AvgIpc) is 2.70. The number of anilines is 1. The highest BCUT2D eigenvalue weighted by molar-refractivity contribution is 5.95. The van der Waals surface area contributed by atoms with Crippen molar-refractivity contribution in [3.05, 3.63) is 29.3 Å². The number of halogens is 3. The van der Waals surface area contributed by atoms with Crippen LogP contribution in [0.25, 0.3) is 0 Å². The molecule has 3 nitrogen and oxygen atoms in total. The van der Waals surface area contributed by atoms with Gasteiger partial charge in [0.05, 0.1) is 5.56 Å². The van der Waals surface area contributed by atoms with Crippen molar-refractivity contribution in [2.24, 2.45) is 10.8 Å². The number of benzene rings is 1. The number of nitrogens with two attached hydrogens (primary N) is 1. The second kappa shape index (κ2) is 4.39. The molecule has 0 aromatic heterocycles. The monoisotopic (exact) mass is 300 g/mol. The van der Waals surface area contributed by atoms with Gasteiger partial charge in [-0.15, -0.1) is 0 Å². The van der Waals surface area contributed by atoms with Crippen LogP contribution < -0.4 is 11.1 Å². The van der Waals surface area contributed by atoms with E-state index in [4.69, 9.17) is 5.73 Å². The summed E-state index contributed by atoms with van der Waals surface area (Å²) in [6.07, 6.45) is -4.57. The minimum atomic E-state index is -4.57. The van der Waals surface area contributed by atoms with E-state index in [-0.39, 0.29) is 28.1 Å². The molecule has 3 N–H and O–H groups in total. The van der Waals surface area contributed by atoms with E-state index in [1.54, 1.807) is 0 Å². The Bertz CT molecular complexity index is 577. The second-order valence-corrected chi connectivity index (χ2v) is 6.65. The van der Waals surface area contributed by atoms with Crippen LogP contribution in [0.4, 0.5) is 18.9 Å². The molecule has 1 fully saturated rings. The number of nitrogens with one attached hydrogen (secondary N) is 1. The first-order valence-electron chi connectivity index (χ1n) is 6.66. The zero-order valence-corrected chi connectivity index (χ0v) is 12.4. The molecule has 1 amide bonds. The van der Waals surface area contributed by atoms with E-state index in [9.17, 15) is 18.0 Å². The SMILES string of the molecule is CC1(C)C(NC(=O)c2ccc(N)c(C(F)(F)F)c2)C1(C)C. The van der Waals surface area contributed by atoms with Crippen molar-refractivity contribution < 1.29 is 18.0 Å². The van der Waals surface area contributed by atoms with E-state index < -0.39 is 17.6 Å². The number of rotatable bonds is 2. The van der Waals surface area contributed by atoms with Gasteiger partial charge < -0.3 is 11.1 Å². The lowest BCUT2D eigenvalue weighted by atomic mass is 10.0. The predicted octanol–water partition coefficient (Wildman–Crippen LogP) is 3.45. The third-order valence-corrected chi connectivity index (χ3v) is 4.92. The van der Waals surface area contributed by atoms with E-state index >= 15 is 0 Å². The largest absolute Gasteiger partial charge is 0.418 e. The van der Waals surface area contributed by atoms with Gasteiger partial charge in [0.15, 0.2) is 0 Å². The number of alkyl halides is 3. The molecule has 21 heavy (non-hydrogen) atoms. The molecule has 6 heteroatoms. The van der Waals surface area contributed by atoms with E-state index in [0.717, 1.165) is 12.1 Å². The van der Waals surface area contributed by atoms with Crippen LogP contribution in [-0.4, -0.2) is 11.9 Å². The normalized spacial score (nSPS) is 20.1. The summed E-state index contributed by atoms with van der Waals surface area (Å²) in [6.45, 7) is 8.06. The standard InChI is InChI=1S/C15H19F3N2O/c1-13(2)12(14(13,3)4)20-11(21)8-5-6-10(19)9(7-8)15(16,17)18/h5-7,12H,19H2,1-4H3,(H,20,21). The Morgan fingerprint density at radius 1 is 1.19 bits per heavy atom. The highest BCUT2D eigenvalue weighted by Crippen LogP contribution is 2.62. The van der Waals surface area contributed by atoms with Gasteiger partial charge in [0.1, 0.15) is 0 Å². The van der Waals surface area contributed by atoms with Crippen molar-refractivity contribution in [3.8, 4) is 0 Å². The molecule has 1 aromatic rings. The summed E-state index contributed by atoms with van der Waals surface area (Å²) in [5, 5.41) is 2.80. The Hall–Kier alpha value is -1.72. The van der Waals surface area contributed by atoms with Gasteiger partial charge in [-0.05, 0) is 29.0 Å². The molecule has 1 aliphatic rings. The van der Waals surface area contributed by atoms with E-state index in [1.807, 2.05) is 27.7 Å². The Kier molecular flexibility index (Phi) is 3.27. The third-order valence-electron chi connectivity index (χ3n) is 4.92. The van der Waals surface area contributed by atoms with Gasteiger partial charge in [-0.25, -0.2) is 0 Å². The van der Waals surface area contributed by atoms with Crippen LogP contribution >= 0.6 is 0 Å². The summed E-state index contributed by atoms with van der Waals surface area (Å²) in [5.74, 6) is -0.510. The zero-order chi connectivity index (χ0) is 16.2. The molecule has 2 rings (SSSR count). The van der Waals surface area contributed by atoms with E-state index in [1.165, 1.54) is 6.07 Å². The maximum atomic E-state index is 12.8. The van der Waals surface area contributed by atoms with Gasteiger partial charge in [0.25, 0.3) is 5.91 Å². The van der Waals surface area contributed by atoms with Gasteiger partial charge in [-0.3, -0.25) is 4.79 Å². The lowest BCUT2D eigenvalue weighted by Gasteiger charge is -2.12. The molecule has 1 saturated carbocycles. The molecule has 0 atom stereocenters.